The molecular formula is C15H23N5O2. The molecule has 3 heterocycles. The van der Waals surface area contributed by atoms with E-state index in [1.807, 2.05) is 4.90 Å². The molecule has 0 unspecified atom stereocenters. The van der Waals surface area contributed by atoms with Crippen LogP contribution in [-0.4, -0.2) is 53.1 Å². The summed E-state index contributed by atoms with van der Waals surface area (Å²) in [5.41, 5.74) is 2.44. The van der Waals surface area contributed by atoms with Crippen molar-refractivity contribution < 1.29 is 9.59 Å². The standard InChI is InChI=1S/C15H23N5O2/c21-13(20-8-2-1-3-9-20)5-7-17-15(22)14-11-10-16-6-4-12(11)18-19-14/h16H,1-10H2,(H,17,22)(H,18,19). The summed E-state index contributed by atoms with van der Waals surface area (Å²) in [5, 5.41) is 13.1. The van der Waals surface area contributed by atoms with Gasteiger partial charge in [0.2, 0.25) is 5.91 Å². The summed E-state index contributed by atoms with van der Waals surface area (Å²) in [4.78, 5) is 26.1. The zero-order chi connectivity index (χ0) is 15.4. The van der Waals surface area contributed by atoms with Crippen LogP contribution in [0.1, 0.15) is 47.4 Å². The fourth-order valence-corrected chi connectivity index (χ4v) is 3.08. The molecule has 22 heavy (non-hydrogen) atoms. The van der Waals surface area contributed by atoms with Crippen molar-refractivity contribution in [2.75, 3.05) is 26.2 Å². The van der Waals surface area contributed by atoms with Gasteiger partial charge in [0.1, 0.15) is 0 Å². The third-order valence-electron chi connectivity index (χ3n) is 4.35. The van der Waals surface area contributed by atoms with Crippen molar-refractivity contribution in [2.24, 2.45) is 0 Å². The number of aromatic amines is 1. The third kappa shape index (κ3) is 3.30. The molecule has 0 aromatic carbocycles. The van der Waals surface area contributed by atoms with Crippen molar-refractivity contribution in [2.45, 2.75) is 38.6 Å². The number of fused-ring (bicyclic) bond motifs is 1. The molecule has 3 N–H and O–H groups in total. The van der Waals surface area contributed by atoms with Gasteiger partial charge in [-0.25, -0.2) is 0 Å². The number of rotatable bonds is 4. The maximum atomic E-state index is 12.2. The Bertz CT molecular complexity index is 548. The molecule has 1 saturated heterocycles. The van der Waals surface area contributed by atoms with Gasteiger partial charge in [-0.3, -0.25) is 14.7 Å². The Kier molecular flexibility index (Phi) is 4.72. The molecule has 7 heteroatoms. The molecule has 120 valence electrons. The van der Waals surface area contributed by atoms with E-state index in [2.05, 4.69) is 20.8 Å². The van der Waals surface area contributed by atoms with Gasteiger partial charge in [0, 0.05) is 56.8 Å². The second kappa shape index (κ2) is 6.91. The van der Waals surface area contributed by atoms with Gasteiger partial charge >= 0.3 is 0 Å². The number of nitrogens with zero attached hydrogens (tertiary/aromatic N) is 2. The highest BCUT2D eigenvalue weighted by Gasteiger charge is 2.22. The largest absolute Gasteiger partial charge is 0.350 e. The summed E-state index contributed by atoms with van der Waals surface area (Å²) in [7, 11) is 0. The lowest BCUT2D eigenvalue weighted by Crippen LogP contribution is -2.38. The van der Waals surface area contributed by atoms with Crippen LogP contribution < -0.4 is 10.6 Å². The van der Waals surface area contributed by atoms with E-state index in [4.69, 9.17) is 0 Å². The fourth-order valence-electron chi connectivity index (χ4n) is 3.08. The number of carbonyl (C=O) groups is 2. The predicted octanol–water partition coefficient (Wildman–Crippen LogP) is 0.188. The van der Waals surface area contributed by atoms with Crippen LogP contribution in [0.5, 0.6) is 0 Å². The van der Waals surface area contributed by atoms with Crippen molar-refractivity contribution in [3.8, 4) is 0 Å². The van der Waals surface area contributed by atoms with Crippen LogP contribution in [-0.2, 0) is 17.8 Å². The van der Waals surface area contributed by atoms with Crippen molar-refractivity contribution >= 4 is 11.8 Å². The average Bonchev–Trinajstić information content (AvgIpc) is 2.99. The molecule has 0 bridgehead atoms. The minimum atomic E-state index is -0.201. The number of carbonyl (C=O) groups excluding carboxylic acids is 2. The van der Waals surface area contributed by atoms with Gasteiger partial charge in [0.25, 0.3) is 5.91 Å². The van der Waals surface area contributed by atoms with Gasteiger partial charge in [0.15, 0.2) is 5.69 Å². The fraction of sp³-hybridized carbons (Fsp3) is 0.667. The highest BCUT2D eigenvalue weighted by molar-refractivity contribution is 5.94. The quantitative estimate of drug-likeness (QED) is 0.740. The minimum absolute atomic E-state index is 0.130. The molecule has 1 aromatic rings. The maximum absolute atomic E-state index is 12.2. The maximum Gasteiger partial charge on any atom is 0.272 e. The van der Waals surface area contributed by atoms with Crippen LogP contribution in [0.4, 0.5) is 0 Å². The molecule has 0 atom stereocenters. The highest BCUT2D eigenvalue weighted by Crippen LogP contribution is 2.15. The predicted molar refractivity (Wildman–Crippen MR) is 81.4 cm³/mol. The van der Waals surface area contributed by atoms with E-state index in [1.54, 1.807) is 0 Å². The molecule has 0 spiro atoms. The summed E-state index contributed by atoms with van der Waals surface area (Å²) < 4.78 is 0. The van der Waals surface area contributed by atoms with Gasteiger partial charge < -0.3 is 15.5 Å². The zero-order valence-corrected chi connectivity index (χ0v) is 12.8. The van der Waals surface area contributed by atoms with Gasteiger partial charge in [-0.05, 0) is 19.3 Å². The smallest absolute Gasteiger partial charge is 0.272 e. The number of hydrogen-bond acceptors (Lipinski definition) is 4. The lowest BCUT2D eigenvalue weighted by atomic mass is 10.1. The monoisotopic (exact) mass is 305 g/mol. The van der Waals surface area contributed by atoms with E-state index < -0.39 is 0 Å². The summed E-state index contributed by atoms with van der Waals surface area (Å²) in [6, 6.07) is 0. The van der Waals surface area contributed by atoms with Gasteiger partial charge in [-0.2, -0.15) is 5.10 Å². The lowest BCUT2D eigenvalue weighted by Gasteiger charge is -2.26. The Balaban J connectivity index is 1.48. The normalized spacial score (nSPS) is 17.9. The summed E-state index contributed by atoms with van der Waals surface area (Å²) in [5.74, 6) is -0.0710. The van der Waals surface area contributed by atoms with E-state index in [1.165, 1.54) is 6.42 Å². The van der Waals surface area contributed by atoms with Crippen LogP contribution in [0.3, 0.4) is 0 Å². The van der Waals surface area contributed by atoms with Crippen LogP contribution in [0.15, 0.2) is 0 Å². The second-order valence-electron chi connectivity index (χ2n) is 5.90. The SMILES string of the molecule is O=C(NCCC(=O)N1CCCCC1)c1n[nH]c2c1CNCC2. The zero-order valence-electron chi connectivity index (χ0n) is 12.8. The second-order valence-corrected chi connectivity index (χ2v) is 5.90. The highest BCUT2D eigenvalue weighted by atomic mass is 16.2. The van der Waals surface area contributed by atoms with Gasteiger partial charge in [-0.15, -0.1) is 0 Å². The number of aromatic nitrogens is 2. The number of H-pyrrole nitrogens is 1. The van der Waals surface area contributed by atoms with Crippen LogP contribution >= 0.6 is 0 Å². The van der Waals surface area contributed by atoms with Crippen molar-refractivity contribution in [3.05, 3.63) is 17.0 Å². The van der Waals surface area contributed by atoms with E-state index in [9.17, 15) is 9.59 Å². The first-order chi connectivity index (χ1) is 10.8. The molecule has 0 saturated carbocycles. The molecular weight excluding hydrogens is 282 g/mol. The topological polar surface area (TPSA) is 90.1 Å². The van der Waals surface area contributed by atoms with E-state index in [-0.39, 0.29) is 11.8 Å². The average molecular weight is 305 g/mol. The minimum Gasteiger partial charge on any atom is -0.350 e. The van der Waals surface area contributed by atoms with E-state index in [0.717, 1.165) is 50.2 Å². The molecule has 7 nitrogen and oxygen atoms in total. The molecule has 1 aromatic heterocycles. The molecule has 0 aliphatic carbocycles. The number of amides is 2. The first kappa shape index (κ1) is 15.0. The summed E-state index contributed by atoms with van der Waals surface area (Å²) in [6.45, 7) is 3.64. The number of hydrogen-bond donors (Lipinski definition) is 3. The molecule has 2 amide bonds. The van der Waals surface area contributed by atoms with Gasteiger partial charge in [-0.1, -0.05) is 0 Å². The Hall–Kier alpha value is -1.89. The number of likely N-dealkylation sites (tertiary alicyclic amines) is 1. The van der Waals surface area contributed by atoms with E-state index in [0.29, 0.717) is 25.2 Å². The third-order valence-corrected chi connectivity index (χ3v) is 4.35. The number of nitrogens with one attached hydrogen (secondary N) is 3. The first-order valence-corrected chi connectivity index (χ1v) is 8.08. The summed E-state index contributed by atoms with van der Waals surface area (Å²) >= 11 is 0. The van der Waals surface area contributed by atoms with Crippen LogP contribution in [0.25, 0.3) is 0 Å². The van der Waals surface area contributed by atoms with Crippen molar-refractivity contribution in [1.29, 1.82) is 0 Å². The van der Waals surface area contributed by atoms with Crippen LogP contribution in [0.2, 0.25) is 0 Å². The van der Waals surface area contributed by atoms with Crippen molar-refractivity contribution in [1.82, 2.24) is 25.7 Å². The van der Waals surface area contributed by atoms with Gasteiger partial charge in [0.05, 0.1) is 0 Å². The number of piperidine rings is 1. The van der Waals surface area contributed by atoms with Crippen LogP contribution in [0, 0.1) is 0 Å². The Morgan fingerprint density at radius 1 is 1.23 bits per heavy atom. The Morgan fingerprint density at radius 3 is 2.86 bits per heavy atom. The summed E-state index contributed by atoms with van der Waals surface area (Å²) in [6.07, 6.45) is 4.60. The molecule has 3 rings (SSSR count). The molecule has 2 aliphatic rings. The molecule has 2 aliphatic heterocycles. The van der Waals surface area contributed by atoms with E-state index >= 15 is 0 Å². The van der Waals surface area contributed by atoms with Crippen molar-refractivity contribution in [3.63, 3.8) is 0 Å². The Labute approximate surface area is 129 Å². The first-order valence-electron chi connectivity index (χ1n) is 8.08. The molecule has 0 radical (unpaired) electrons. The lowest BCUT2D eigenvalue weighted by molar-refractivity contribution is -0.131. The molecule has 1 fully saturated rings. The Morgan fingerprint density at radius 2 is 2.05 bits per heavy atom.